The SMILES string of the molecule is COc1cc(C2CC(=O)NC3=C2C(=O)CC(c2ccccc2Cl)C3)cc(OC)c1OC. The highest BCUT2D eigenvalue weighted by Gasteiger charge is 2.39. The number of hydrogen-bond donors (Lipinski definition) is 1. The summed E-state index contributed by atoms with van der Waals surface area (Å²) in [6, 6.07) is 11.2. The van der Waals surface area contributed by atoms with Crippen LogP contribution in [-0.4, -0.2) is 33.0 Å². The smallest absolute Gasteiger partial charge is 0.225 e. The molecule has 1 aliphatic carbocycles. The molecule has 2 unspecified atom stereocenters. The molecule has 0 bridgehead atoms. The van der Waals surface area contributed by atoms with Crippen LogP contribution in [0.2, 0.25) is 5.02 Å². The van der Waals surface area contributed by atoms with E-state index < -0.39 is 0 Å². The molecule has 1 amide bonds. The molecule has 0 spiro atoms. The number of carbonyl (C=O) groups excluding carboxylic acids is 2. The van der Waals surface area contributed by atoms with Crippen molar-refractivity contribution in [1.29, 1.82) is 0 Å². The van der Waals surface area contributed by atoms with Gasteiger partial charge in [-0.05, 0) is 41.7 Å². The first kappa shape index (κ1) is 21.2. The third-order valence-corrected chi connectivity index (χ3v) is 6.31. The number of halogens is 1. The topological polar surface area (TPSA) is 73.9 Å². The molecule has 1 N–H and O–H groups in total. The lowest BCUT2D eigenvalue weighted by Crippen LogP contribution is -2.38. The number of ketones is 1. The van der Waals surface area contributed by atoms with Crippen LogP contribution < -0.4 is 19.5 Å². The predicted octanol–water partition coefficient (Wildman–Crippen LogP) is 4.37. The standard InChI is InChI=1S/C24H24ClNO5/c1-29-20-10-14(11-21(30-2)24(20)31-3)16-12-22(28)26-18-8-13(9-19(27)23(16)18)15-6-4-5-7-17(15)25/h4-7,10-11,13,16H,8-9,12H2,1-3H3,(H,26,28). The summed E-state index contributed by atoms with van der Waals surface area (Å²) in [5.41, 5.74) is 3.03. The molecular formula is C24H24ClNO5. The van der Waals surface area contributed by atoms with E-state index in [1.807, 2.05) is 36.4 Å². The Morgan fingerprint density at radius 3 is 2.23 bits per heavy atom. The maximum absolute atomic E-state index is 13.3. The number of methoxy groups -OCH3 is 3. The fraction of sp³-hybridized carbons (Fsp3) is 0.333. The number of carbonyl (C=O) groups is 2. The van der Waals surface area contributed by atoms with Crippen LogP contribution in [0.15, 0.2) is 47.7 Å². The zero-order valence-corrected chi connectivity index (χ0v) is 18.4. The first-order valence-electron chi connectivity index (χ1n) is 10.1. The lowest BCUT2D eigenvalue weighted by molar-refractivity contribution is -0.122. The fourth-order valence-electron chi connectivity index (χ4n) is 4.57. The Bertz CT molecular complexity index is 1050. The van der Waals surface area contributed by atoms with Crippen molar-refractivity contribution in [3.05, 3.63) is 63.8 Å². The molecular weight excluding hydrogens is 418 g/mol. The lowest BCUT2D eigenvalue weighted by Gasteiger charge is -2.35. The van der Waals surface area contributed by atoms with Crippen molar-refractivity contribution in [2.45, 2.75) is 31.1 Å². The molecule has 162 valence electrons. The molecule has 2 aliphatic rings. The highest BCUT2D eigenvalue weighted by Crippen LogP contribution is 2.47. The molecule has 4 rings (SSSR count). The Balaban J connectivity index is 1.77. The molecule has 6 nitrogen and oxygen atoms in total. The van der Waals surface area contributed by atoms with Crippen molar-refractivity contribution in [3.63, 3.8) is 0 Å². The van der Waals surface area contributed by atoms with Crippen LogP contribution in [-0.2, 0) is 9.59 Å². The van der Waals surface area contributed by atoms with Crippen molar-refractivity contribution in [2.24, 2.45) is 0 Å². The highest BCUT2D eigenvalue weighted by atomic mass is 35.5. The largest absolute Gasteiger partial charge is 0.493 e. The molecule has 1 heterocycles. The first-order valence-corrected chi connectivity index (χ1v) is 10.4. The van der Waals surface area contributed by atoms with Crippen molar-refractivity contribution in [3.8, 4) is 17.2 Å². The van der Waals surface area contributed by atoms with Crippen LogP contribution in [0.25, 0.3) is 0 Å². The monoisotopic (exact) mass is 441 g/mol. The first-order chi connectivity index (χ1) is 15.0. The van der Waals surface area contributed by atoms with E-state index in [4.69, 9.17) is 25.8 Å². The number of amides is 1. The van der Waals surface area contributed by atoms with E-state index in [0.29, 0.717) is 46.4 Å². The van der Waals surface area contributed by atoms with Crippen molar-refractivity contribution in [1.82, 2.24) is 5.32 Å². The van der Waals surface area contributed by atoms with Gasteiger partial charge in [-0.2, -0.15) is 0 Å². The minimum Gasteiger partial charge on any atom is -0.493 e. The van der Waals surface area contributed by atoms with Gasteiger partial charge >= 0.3 is 0 Å². The van der Waals surface area contributed by atoms with Crippen molar-refractivity contribution < 1.29 is 23.8 Å². The number of allylic oxidation sites excluding steroid dienone is 2. The Hall–Kier alpha value is -2.99. The van der Waals surface area contributed by atoms with E-state index in [2.05, 4.69) is 5.32 Å². The highest BCUT2D eigenvalue weighted by molar-refractivity contribution is 6.31. The molecule has 0 saturated carbocycles. The van der Waals surface area contributed by atoms with E-state index in [1.54, 1.807) is 14.2 Å². The van der Waals surface area contributed by atoms with Gasteiger partial charge in [-0.3, -0.25) is 9.59 Å². The van der Waals surface area contributed by atoms with Gasteiger partial charge in [-0.1, -0.05) is 29.8 Å². The van der Waals surface area contributed by atoms with Crippen LogP contribution in [0.4, 0.5) is 0 Å². The van der Waals surface area contributed by atoms with Gasteiger partial charge in [0, 0.05) is 35.1 Å². The second-order valence-electron chi connectivity index (χ2n) is 7.71. The quantitative estimate of drug-likeness (QED) is 0.745. The number of hydrogen-bond acceptors (Lipinski definition) is 5. The van der Waals surface area contributed by atoms with Gasteiger partial charge in [0.15, 0.2) is 17.3 Å². The molecule has 0 saturated heterocycles. The summed E-state index contributed by atoms with van der Waals surface area (Å²) in [5, 5.41) is 3.57. The van der Waals surface area contributed by atoms with Crippen LogP contribution in [0.3, 0.4) is 0 Å². The third kappa shape index (κ3) is 3.88. The van der Waals surface area contributed by atoms with Crippen molar-refractivity contribution >= 4 is 23.3 Å². The average molecular weight is 442 g/mol. The molecule has 0 radical (unpaired) electrons. The van der Waals surface area contributed by atoms with E-state index in [9.17, 15) is 9.59 Å². The van der Waals surface area contributed by atoms with Gasteiger partial charge in [0.25, 0.3) is 0 Å². The van der Waals surface area contributed by atoms with Crippen LogP contribution in [0, 0.1) is 0 Å². The lowest BCUT2D eigenvalue weighted by atomic mass is 9.73. The van der Waals surface area contributed by atoms with E-state index in [-0.39, 0.29) is 29.9 Å². The zero-order chi connectivity index (χ0) is 22.1. The Morgan fingerprint density at radius 2 is 1.61 bits per heavy atom. The van der Waals surface area contributed by atoms with Crippen LogP contribution in [0.5, 0.6) is 17.2 Å². The summed E-state index contributed by atoms with van der Waals surface area (Å²) in [5.74, 6) is 0.896. The number of rotatable bonds is 5. The van der Waals surface area contributed by atoms with E-state index >= 15 is 0 Å². The second kappa shape index (κ2) is 8.63. The second-order valence-corrected chi connectivity index (χ2v) is 8.11. The zero-order valence-electron chi connectivity index (χ0n) is 17.7. The number of Topliss-reactive ketones (excluding diaryl/α,β-unsaturated/α-hetero) is 1. The summed E-state index contributed by atoms with van der Waals surface area (Å²) in [6.45, 7) is 0. The molecule has 0 aromatic heterocycles. The van der Waals surface area contributed by atoms with Crippen molar-refractivity contribution in [2.75, 3.05) is 21.3 Å². The summed E-state index contributed by atoms with van der Waals surface area (Å²) in [7, 11) is 4.62. The number of ether oxygens (including phenoxy) is 3. The average Bonchev–Trinajstić information content (AvgIpc) is 2.77. The summed E-state index contributed by atoms with van der Waals surface area (Å²) in [4.78, 5) is 25.9. The maximum atomic E-state index is 13.3. The molecule has 2 atom stereocenters. The Kier molecular flexibility index (Phi) is 5.92. The van der Waals surface area contributed by atoms with Gasteiger partial charge in [0.2, 0.25) is 11.7 Å². The van der Waals surface area contributed by atoms with Crippen LogP contribution in [0.1, 0.15) is 42.2 Å². The fourth-order valence-corrected chi connectivity index (χ4v) is 4.86. The van der Waals surface area contributed by atoms with Gasteiger partial charge in [0.1, 0.15) is 0 Å². The normalized spacial score (nSPS) is 20.8. The maximum Gasteiger partial charge on any atom is 0.225 e. The van der Waals surface area contributed by atoms with E-state index in [0.717, 1.165) is 11.1 Å². The van der Waals surface area contributed by atoms with E-state index in [1.165, 1.54) is 7.11 Å². The Morgan fingerprint density at radius 1 is 0.935 bits per heavy atom. The minimum atomic E-state index is -0.378. The van der Waals surface area contributed by atoms with Gasteiger partial charge in [-0.25, -0.2) is 0 Å². The molecule has 2 aromatic rings. The van der Waals surface area contributed by atoms with Gasteiger partial charge in [0.05, 0.1) is 21.3 Å². The number of benzene rings is 2. The summed E-state index contributed by atoms with van der Waals surface area (Å²) >= 11 is 6.37. The van der Waals surface area contributed by atoms with Crippen LogP contribution >= 0.6 is 11.6 Å². The molecule has 0 fully saturated rings. The third-order valence-electron chi connectivity index (χ3n) is 5.97. The minimum absolute atomic E-state index is 0.0184. The predicted molar refractivity (Wildman–Crippen MR) is 117 cm³/mol. The Labute approximate surface area is 186 Å². The molecule has 31 heavy (non-hydrogen) atoms. The summed E-state index contributed by atoms with van der Waals surface area (Å²) in [6.07, 6.45) is 1.08. The van der Waals surface area contributed by atoms with Gasteiger partial charge < -0.3 is 19.5 Å². The molecule has 7 heteroatoms. The molecule has 1 aliphatic heterocycles. The number of nitrogens with one attached hydrogen (secondary N) is 1. The summed E-state index contributed by atoms with van der Waals surface area (Å²) < 4.78 is 16.3. The molecule has 2 aromatic carbocycles. The van der Waals surface area contributed by atoms with Gasteiger partial charge in [-0.15, -0.1) is 0 Å².